The third-order valence-electron chi connectivity index (χ3n) is 2.58. The Hall–Kier alpha value is -2.07. The van der Waals surface area contributed by atoms with Gasteiger partial charge < -0.3 is 5.32 Å². The molecule has 0 unspecified atom stereocenters. The van der Waals surface area contributed by atoms with Gasteiger partial charge in [-0.1, -0.05) is 30.3 Å². The molecule has 0 heterocycles. The van der Waals surface area contributed by atoms with Crippen molar-refractivity contribution in [3.05, 3.63) is 42.5 Å². The number of benzene rings is 2. The van der Waals surface area contributed by atoms with Crippen LogP contribution in [0, 0.1) is 0 Å². The molecule has 0 aliphatic carbocycles. The first-order valence-electron chi connectivity index (χ1n) is 5.31. The summed E-state index contributed by atoms with van der Waals surface area (Å²) in [5, 5.41) is 13.4. The van der Waals surface area contributed by atoms with Crippen LogP contribution in [0.4, 0.5) is 5.69 Å². The van der Waals surface area contributed by atoms with Crippen LogP contribution in [-0.2, 0) is 9.68 Å². The molecule has 0 radical (unpaired) electrons. The second-order valence-corrected chi connectivity index (χ2v) is 3.84. The van der Waals surface area contributed by atoms with Crippen molar-refractivity contribution in [3.63, 3.8) is 0 Å². The number of hydrogen-bond donors (Lipinski definition) is 2. The summed E-state index contributed by atoms with van der Waals surface area (Å²) in [4.78, 5) is 14.7. The van der Waals surface area contributed by atoms with Crippen molar-refractivity contribution < 1.29 is 14.9 Å². The molecular formula is C13H13NO3. The highest BCUT2D eigenvalue weighted by atomic mass is 17.1. The lowest BCUT2D eigenvalue weighted by atomic mass is 10.1. The van der Waals surface area contributed by atoms with Gasteiger partial charge >= 0.3 is 5.97 Å². The fourth-order valence-corrected chi connectivity index (χ4v) is 1.67. The monoisotopic (exact) mass is 231 g/mol. The molecule has 0 saturated heterocycles. The Kier molecular flexibility index (Phi) is 3.25. The van der Waals surface area contributed by atoms with Gasteiger partial charge in [0, 0.05) is 5.69 Å². The average molecular weight is 231 g/mol. The number of fused-ring (bicyclic) bond motifs is 1. The molecule has 2 rings (SSSR count). The highest BCUT2D eigenvalue weighted by Crippen LogP contribution is 2.19. The van der Waals surface area contributed by atoms with Crippen LogP contribution < -0.4 is 5.32 Å². The van der Waals surface area contributed by atoms with E-state index in [-0.39, 0.29) is 0 Å². The second-order valence-electron chi connectivity index (χ2n) is 3.84. The van der Waals surface area contributed by atoms with Gasteiger partial charge in [-0.05, 0) is 29.8 Å². The van der Waals surface area contributed by atoms with Crippen molar-refractivity contribution in [1.82, 2.24) is 0 Å². The van der Waals surface area contributed by atoms with Crippen LogP contribution in [0.5, 0.6) is 0 Å². The second kappa shape index (κ2) is 4.84. The first kappa shape index (κ1) is 11.4. The highest BCUT2D eigenvalue weighted by molar-refractivity contribution is 5.86. The number of carbonyl (C=O) groups is 1. The maximum absolute atomic E-state index is 11.0. The van der Waals surface area contributed by atoms with E-state index < -0.39 is 12.0 Å². The lowest BCUT2D eigenvalue weighted by Crippen LogP contribution is -2.27. The van der Waals surface area contributed by atoms with Gasteiger partial charge in [0.1, 0.15) is 6.04 Å². The maximum atomic E-state index is 11.0. The average Bonchev–Trinajstić information content (AvgIpc) is 2.37. The molecule has 1 atom stereocenters. The van der Waals surface area contributed by atoms with E-state index in [1.807, 2.05) is 42.5 Å². The highest BCUT2D eigenvalue weighted by Gasteiger charge is 2.13. The molecule has 17 heavy (non-hydrogen) atoms. The first-order chi connectivity index (χ1) is 8.20. The van der Waals surface area contributed by atoms with Gasteiger partial charge in [-0.2, -0.15) is 5.26 Å². The Morgan fingerprint density at radius 2 is 1.94 bits per heavy atom. The van der Waals surface area contributed by atoms with Crippen LogP contribution in [0.25, 0.3) is 10.8 Å². The first-order valence-corrected chi connectivity index (χ1v) is 5.31. The number of hydrogen-bond acceptors (Lipinski definition) is 4. The molecule has 0 aliphatic rings. The largest absolute Gasteiger partial charge is 0.372 e. The minimum Gasteiger partial charge on any atom is -0.372 e. The topological polar surface area (TPSA) is 58.6 Å². The SMILES string of the molecule is C[C@H](Nc1ccc2ccccc2c1)C(=O)OO. The zero-order valence-electron chi connectivity index (χ0n) is 9.38. The molecule has 88 valence electrons. The Labute approximate surface area is 98.8 Å². The van der Waals surface area contributed by atoms with Crippen molar-refractivity contribution in [2.24, 2.45) is 0 Å². The lowest BCUT2D eigenvalue weighted by Gasteiger charge is -2.12. The van der Waals surface area contributed by atoms with E-state index in [2.05, 4.69) is 10.2 Å². The molecule has 0 aliphatic heterocycles. The minimum absolute atomic E-state index is 0.596. The van der Waals surface area contributed by atoms with Gasteiger partial charge in [-0.3, -0.25) is 4.89 Å². The summed E-state index contributed by atoms with van der Waals surface area (Å²) in [5.74, 6) is -0.710. The van der Waals surface area contributed by atoms with Crippen molar-refractivity contribution >= 4 is 22.4 Å². The number of anilines is 1. The van der Waals surface area contributed by atoms with E-state index in [0.717, 1.165) is 16.5 Å². The molecule has 0 fully saturated rings. The Bertz CT molecular complexity index is 539. The molecule has 2 aromatic rings. The third-order valence-corrected chi connectivity index (χ3v) is 2.58. The number of carbonyl (C=O) groups excluding carboxylic acids is 1. The number of nitrogens with one attached hydrogen (secondary N) is 1. The van der Waals surface area contributed by atoms with E-state index in [4.69, 9.17) is 5.26 Å². The Morgan fingerprint density at radius 1 is 1.24 bits per heavy atom. The normalized spacial score (nSPS) is 12.1. The van der Waals surface area contributed by atoms with Crippen LogP contribution in [0.15, 0.2) is 42.5 Å². The van der Waals surface area contributed by atoms with Crippen molar-refractivity contribution in [2.45, 2.75) is 13.0 Å². The van der Waals surface area contributed by atoms with E-state index in [1.54, 1.807) is 6.92 Å². The Balaban J connectivity index is 2.22. The zero-order chi connectivity index (χ0) is 12.3. The summed E-state index contributed by atoms with van der Waals surface area (Å²) in [5.41, 5.74) is 0.807. The lowest BCUT2D eigenvalue weighted by molar-refractivity contribution is -0.234. The summed E-state index contributed by atoms with van der Waals surface area (Å²) >= 11 is 0. The maximum Gasteiger partial charge on any atom is 0.363 e. The van der Waals surface area contributed by atoms with Gasteiger partial charge in [-0.25, -0.2) is 4.79 Å². The number of rotatable bonds is 3. The molecule has 2 aromatic carbocycles. The van der Waals surface area contributed by atoms with Crippen molar-refractivity contribution in [3.8, 4) is 0 Å². The fourth-order valence-electron chi connectivity index (χ4n) is 1.67. The van der Waals surface area contributed by atoms with Crippen molar-refractivity contribution in [1.29, 1.82) is 0 Å². The smallest absolute Gasteiger partial charge is 0.363 e. The van der Waals surface area contributed by atoms with Gasteiger partial charge in [-0.15, -0.1) is 0 Å². The summed E-state index contributed by atoms with van der Waals surface area (Å²) in [6.45, 7) is 1.62. The summed E-state index contributed by atoms with van der Waals surface area (Å²) in [7, 11) is 0. The van der Waals surface area contributed by atoms with Gasteiger partial charge in [0.15, 0.2) is 0 Å². The predicted octanol–water partition coefficient (Wildman–Crippen LogP) is 2.66. The molecular weight excluding hydrogens is 218 g/mol. The fraction of sp³-hybridized carbons (Fsp3) is 0.154. The zero-order valence-corrected chi connectivity index (χ0v) is 9.38. The molecule has 4 heteroatoms. The standard InChI is InChI=1S/C13H13NO3/c1-9(13(15)17-16)14-12-7-6-10-4-2-3-5-11(10)8-12/h2-9,14,16H,1H3/t9-/m0/s1. The molecule has 4 nitrogen and oxygen atoms in total. The van der Waals surface area contributed by atoms with Crippen LogP contribution >= 0.6 is 0 Å². The quantitative estimate of drug-likeness (QED) is 0.629. The molecule has 2 N–H and O–H groups in total. The molecule has 0 amide bonds. The van der Waals surface area contributed by atoms with E-state index >= 15 is 0 Å². The van der Waals surface area contributed by atoms with Crippen LogP contribution in [0.2, 0.25) is 0 Å². The van der Waals surface area contributed by atoms with E-state index in [9.17, 15) is 4.79 Å². The molecule has 0 saturated carbocycles. The summed E-state index contributed by atoms with van der Waals surface area (Å²) in [6.07, 6.45) is 0. The van der Waals surface area contributed by atoms with Crippen LogP contribution in [0.1, 0.15) is 6.92 Å². The minimum atomic E-state index is -0.710. The molecule has 0 aromatic heterocycles. The summed E-state index contributed by atoms with van der Waals surface area (Å²) in [6, 6.07) is 13.1. The van der Waals surface area contributed by atoms with E-state index in [0.29, 0.717) is 0 Å². The van der Waals surface area contributed by atoms with Crippen LogP contribution in [0.3, 0.4) is 0 Å². The van der Waals surface area contributed by atoms with Crippen LogP contribution in [-0.4, -0.2) is 17.3 Å². The van der Waals surface area contributed by atoms with Gasteiger partial charge in [0.05, 0.1) is 0 Å². The van der Waals surface area contributed by atoms with Gasteiger partial charge in [0.2, 0.25) is 0 Å². The van der Waals surface area contributed by atoms with E-state index in [1.165, 1.54) is 0 Å². The summed E-state index contributed by atoms with van der Waals surface area (Å²) < 4.78 is 0. The third kappa shape index (κ3) is 2.54. The van der Waals surface area contributed by atoms with Crippen molar-refractivity contribution in [2.75, 3.05) is 5.32 Å². The molecule has 0 bridgehead atoms. The predicted molar refractivity (Wildman–Crippen MR) is 65.8 cm³/mol. The Morgan fingerprint density at radius 3 is 2.65 bits per heavy atom. The van der Waals surface area contributed by atoms with Gasteiger partial charge in [0.25, 0.3) is 0 Å². The molecule has 0 spiro atoms.